The zero-order valence-electron chi connectivity index (χ0n) is 15.4. The van der Waals surface area contributed by atoms with Gasteiger partial charge in [-0.05, 0) is 50.3 Å². The average Bonchev–Trinajstić information content (AvgIpc) is 2.57. The second kappa shape index (κ2) is 7.93. The maximum Gasteiger partial charge on any atom is 0.314 e. The maximum atomic E-state index is 12.8. The van der Waals surface area contributed by atoms with Crippen LogP contribution in [0.15, 0.2) is 18.2 Å². The zero-order valence-corrected chi connectivity index (χ0v) is 15.4. The number of hydrogen-bond acceptors (Lipinski definition) is 3. The van der Waals surface area contributed by atoms with Crippen LogP contribution in [0.1, 0.15) is 36.5 Å². The molecule has 1 aromatic carbocycles. The largest absolute Gasteiger partial charge is 0.469 e. The summed E-state index contributed by atoms with van der Waals surface area (Å²) < 4.78 is 5.64. The van der Waals surface area contributed by atoms with Gasteiger partial charge in [0.05, 0.1) is 26.7 Å². The molecule has 0 spiro atoms. The number of ketones is 1. The van der Waals surface area contributed by atoms with Crippen molar-refractivity contribution in [2.24, 2.45) is 5.92 Å². The van der Waals surface area contributed by atoms with Crippen LogP contribution in [-0.4, -0.2) is 49.5 Å². The molecule has 4 heteroatoms. The van der Waals surface area contributed by atoms with Crippen LogP contribution in [0.4, 0.5) is 0 Å². The van der Waals surface area contributed by atoms with Gasteiger partial charge in [0.1, 0.15) is 12.5 Å². The number of benzene rings is 1. The molecule has 2 rings (SSSR count). The van der Waals surface area contributed by atoms with E-state index in [4.69, 9.17) is 4.74 Å². The molecule has 1 fully saturated rings. The van der Waals surface area contributed by atoms with E-state index in [2.05, 4.69) is 32.9 Å². The van der Waals surface area contributed by atoms with Crippen molar-refractivity contribution >= 4 is 11.8 Å². The first-order chi connectivity index (χ1) is 11.4. The van der Waals surface area contributed by atoms with Crippen molar-refractivity contribution in [1.29, 1.82) is 0 Å². The topological polar surface area (TPSA) is 43.4 Å². The van der Waals surface area contributed by atoms with Crippen LogP contribution in [0.2, 0.25) is 0 Å². The van der Waals surface area contributed by atoms with Gasteiger partial charge in [-0.2, -0.15) is 0 Å². The van der Waals surface area contributed by atoms with Crippen molar-refractivity contribution in [1.82, 2.24) is 0 Å². The van der Waals surface area contributed by atoms with Gasteiger partial charge in [0.15, 0.2) is 5.78 Å². The highest BCUT2D eigenvalue weighted by molar-refractivity contribution is 5.82. The summed E-state index contributed by atoms with van der Waals surface area (Å²) in [5.74, 6) is 0.0595. The van der Waals surface area contributed by atoms with Gasteiger partial charge in [0.2, 0.25) is 0 Å². The van der Waals surface area contributed by atoms with E-state index in [9.17, 15) is 9.59 Å². The van der Waals surface area contributed by atoms with E-state index in [1.54, 1.807) is 0 Å². The van der Waals surface area contributed by atoms with E-state index in [1.807, 2.05) is 6.07 Å². The molecule has 1 aliphatic rings. The summed E-state index contributed by atoms with van der Waals surface area (Å²) in [6.07, 6.45) is 2.34. The summed E-state index contributed by atoms with van der Waals surface area (Å²) in [5.41, 5.74) is 3.51. The molecule has 24 heavy (non-hydrogen) atoms. The van der Waals surface area contributed by atoms with E-state index in [1.165, 1.54) is 18.2 Å². The van der Waals surface area contributed by atoms with Crippen molar-refractivity contribution in [3.8, 4) is 0 Å². The van der Waals surface area contributed by atoms with Gasteiger partial charge in [-0.15, -0.1) is 0 Å². The summed E-state index contributed by atoms with van der Waals surface area (Å²) in [6, 6.07) is 6.16. The van der Waals surface area contributed by atoms with E-state index >= 15 is 0 Å². The summed E-state index contributed by atoms with van der Waals surface area (Å²) in [7, 11) is 1.45. The van der Waals surface area contributed by atoms with Gasteiger partial charge in [-0.25, -0.2) is 0 Å². The fraction of sp³-hybridized carbons (Fsp3) is 0.600. The number of nitrogens with zero attached hydrogens (tertiary/aromatic N) is 1. The zero-order chi connectivity index (χ0) is 17.7. The van der Waals surface area contributed by atoms with E-state index in [0.29, 0.717) is 17.4 Å². The number of esters is 1. The van der Waals surface area contributed by atoms with Gasteiger partial charge < -0.3 is 9.22 Å². The predicted octanol–water partition coefficient (Wildman–Crippen LogP) is 2.83. The Bertz CT molecular complexity index is 591. The second-order valence-electron chi connectivity index (χ2n) is 7.17. The van der Waals surface area contributed by atoms with Crippen molar-refractivity contribution in [2.75, 3.05) is 33.3 Å². The number of likely N-dealkylation sites (N-methyl/N-ethyl adjacent to an activating group) is 1. The number of rotatable bonds is 6. The Kier molecular flexibility index (Phi) is 6.16. The van der Waals surface area contributed by atoms with Crippen molar-refractivity contribution in [2.45, 2.75) is 40.0 Å². The number of carbonyl (C=O) groups excluding carboxylic acids is 2. The van der Waals surface area contributed by atoms with Gasteiger partial charge >= 0.3 is 5.97 Å². The van der Waals surface area contributed by atoms with Gasteiger partial charge in [-0.1, -0.05) is 18.2 Å². The number of quaternary nitrogens is 1. The van der Waals surface area contributed by atoms with Crippen LogP contribution in [0.3, 0.4) is 0 Å². The molecule has 0 radical (unpaired) electrons. The number of Topliss-reactive ketones (excluding diaryl/α,β-unsaturated/α-hetero) is 1. The van der Waals surface area contributed by atoms with E-state index in [-0.39, 0.29) is 17.7 Å². The molecule has 0 amide bonds. The van der Waals surface area contributed by atoms with Gasteiger partial charge in [-0.3, -0.25) is 9.59 Å². The molecule has 1 heterocycles. The number of hydrogen-bond donors (Lipinski definition) is 0. The SMILES string of the molecule is CC[N+]1(CC(=O)Cc2c(C)cccc2C)CCCC(C(=O)OC)C1. The fourth-order valence-corrected chi connectivity index (χ4v) is 3.98. The Morgan fingerprint density at radius 1 is 1.25 bits per heavy atom. The quantitative estimate of drug-likeness (QED) is 0.594. The Balaban J connectivity index is 2.09. The molecule has 1 saturated heterocycles. The molecule has 2 atom stereocenters. The van der Waals surface area contributed by atoms with Crippen molar-refractivity contribution in [3.63, 3.8) is 0 Å². The number of carbonyl (C=O) groups is 2. The first-order valence-electron chi connectivity index (χ1n) is 8.90. The highest BCUT2D eigenvalue weighted by Gasteiger charge is 2.38. The van der Waals surface area contributed by atoms with Crippen LogP contribution in [0.25, 0.3) is 0 Å². The van der Waals surface area contributed by atoms with Gasteiger partial charge in [0, 0.05) is 6.42 Å². The molecule has 2 unspecified atom stereocenters. The highest BCUT2D eigenvalue weighted by atomic mass is 16.5. The average molecular weight is 332 g/mol. The summed E-state index contributed by atoms with van der Waals surface area (Å²) in [5, 5.41) is 0. The molecule has 0 bridgehead atoms. The molecule has 4 nitrogen and oxygen atoms in total. The minimum atomic E-state index is -0.132. The first kappa shape index (κ1) is 18.7. The lowest BCUT2D eigenvalue weighted by Crippen LogP contribution is -2.57. The molecule has 0 saturated carbocycles. The third-order valence-corrected chi connectivity index (χ3v) is 5.53. The monoisotopic (exact) mass is 332 g/mol. The maximum absolute atomic E-state index is 12.8. The molecular formula is C20H30NO3+. The van der Waals surface area contributed by atoms with Crippen LogP contribution in [0.5, 0.6) is 0 Å². The molecule has 0 aromatic heterocycles. The predicted molar refractivity (Wildman–Crippen MR) is 94.8 cm³/mol. The highest BCUT2D eigenvalue weighted by Crippen LogP contribution is 2.25. The number of ether oxygens (including phenoxy) is 1. The Labute approximate surface area is 145 Å². The number of likely N-dealkylation sites (tertiary alicyclic amines) is 1. The van der Waals surface area contributed by atoms with E-state index < -0.39 is 0 Å². The number of methoxy groups -OCH3 is 1. The number of aryl methyl sites for hydroxylation is 2. The van der Waals surface area contributed by atoms with Crippen LogP contribution in [0, 0.1) is 19.8 Å². The lowest BCUT2D eigenvalue weighted by atomic mass is 9.93. The lowest BCUT2D eigenvalue weighted by Gasteiger charge is -2.42. The molecule has 1 aliphatic heterocycles. The summed E-state index contributed by atoms with van der Waals surface area (Å²) in [4.78, 5) is 24.7. The van der Waals surface area contributed by atoms with Crippen LogP contribution < -0.4 is 0 Å². The molecule has 0 aliphatic carbocycles. The lowest BCUT2D eigenvalue weighted by molar-refractivity contribution is -0.925. The number of piperidine rings is 1. The minimum absolute atomic E-state index is 0.0725. The third kappa shape index (κ3) is 4.23. The Hall–Kier alpha value is -1.68. The molecule has 132 valence electrons. The van der Waals surface area contributed by atoms with Crippen LogP contribution >= 0.6 is 0 Å². The Morgan fingerprint density at radius 3 is 2.50 bits per heavy atom. The molecule has 1 aromatic rings. The normalized spacial score (nSPS) is 23.8. The van der Waals surface area contributed by atoms with Crippen molar-refractivity contribution < 1.29 is 18.8 Å². The second-order valence-corrected chi connectivity index (χ2v) is 7.17. The molecule has 0 N–H and O–H groups in total. The first-order valence-corrected chi connectivity index (χ1v) is 8.90. The Morgan fingerprint density at radius 2 is 1.92 bits per heavy atom. The van der Waals surface area contributed by atoms with Gasteiger partial charge in [0.25, 0.3) is 0 Å². The fourth-order valence-electron chi connectivity index (χ4n) is 3.98. The van der Waals surface area contributed by atoms with Crippen molar-refractivity contribution in [3.05, 3.63) is 34.9 Å². The van der Waals surface area contributed by atoms with E-state index in [0.717, 1.165) is 38.0 Å². The summed E-state index contributed by atoms with van der Waals surface area (Å²) >= 11 is 0. The smallest absolute Gasteiger partial charge is 0.314 e. The minimum Gasteiger partial charge on any atom is -0.469 e. The molecular weight excluding hydrogens is 302 g/mol. The van der Waals surface area contributed by atoms with Crippen LogP contribution in [-0.2, 0) is 20.7 Å². The summed E-state index contributed by atoms with van der Waals surface area (Å²) in [6.45, 7) is 9.34. The standard InChI is InChI=1S/C20H30NO3/c1-5-21(11-7-10-17(13-21)20(23)24-4)14-18(22)12-19-15(2)8-6-9-16(19)3/h6,8-9,17H,5,7,10-14H2,1-4H3/q+1. The third-order valence-electron chi connectivity index (χ3n) is 5.53.